The second-order valence-electron chi connectivity index (χ2n) is 6.64. The number of carbonyl (C=O) groups is 2. The minimum atomic E-state index is -0.949. The lowest BCUT2D eigenvalue weighted by Crippen LogP contribution is -2.48. The van der Waals surface area contributed by atoms with Crippen molar-refractivity contribution >= 4 is 27.8 Å². The zero-order valence-electron chi connectivity index (χ0n) is 13.7. The standard InChI is InChI=1S/C18H22BrNO4/c1-11-5-6-13(24-11)7-8-17(21)20-10-12-3-2-4-15(19)14(12)9-16(20)18(22)23/h2-4,11,13,16H,5-10H2,1H3,(H,22,23). The van der Waals surface area contributed by atoms with Gasteiger partial charge in [0.2, 0.25) is 5.91 Å². The molecule has 1 amide bonds. The smallest absolute Gasteiger partial charge is 0.326 e. The van der Waals surface area contributed by atoms with Crippen LogP contribution < -0.4 is 0 Å². The van der Waals surface area contributed by atoms with Crippen LogP contribution in [-0.2, 0) is 27.3 Å². The Hall–Kier alpha value is -1.40. The van der Waals surface area contributed by atoms with Crippen LogP contribution in [0.1, 0.15) is 43.7 Å². The summed E-state index contributed by atoms with van der Waals surface area (Å²) in [6.45, 7) is 2.40. The number of hydrogen-bond donors (Lipinski definition) is 1. The fourth-order valence-electron chi connectivity index (χ4n) is 3.59. The molecule has 5 nitrogen and oxygen atoms in total. The Morgan fingerprint density at radius 2 is 2.17 bits per heavy atom. The van der Waals surface area contributed by atoms with Gasteiger partial charge in [0.25, 0.3) is 0 Å². The van der Waals surface area contributed by atoms with Crippen molar-refractivity contribution < 1.29 is 19.4 Å². The largest absolute Gasteiger partial charge is 0.480 e. The minimum Gasteiger partial charge on any atom is -0.480 e. The summed E-state index contributed by atoms with van der Waals surface area (Å²) in [6.07, 6.45) is 3.74. The van der Waals surface area contributed by atoms with Gasteiger partial charge in [-0.15, -0.1) is 0 Å². The highest BCUT2D eigenvalue weighted by molar-refractivity contribution is 9.10. The molecule has 130 valence electrons. The number of nitrogens with zero attached hydrogens (tertiary/aromatic N) is 1. The van der Waals surface area contributed by atoms with Crippen molar-refractivity contribution in [2.75, 3.05) is 0 Å². The minimum absolute atomic E-state index is 0.101. The molecule has 3 unspecified atom stereocenters. The monoisotopic (exact) mass is 395 g/mol. The van der Waals surface area contributed by atoms with Crippen LogP contribution in [0.4, 0.5) is 0 Å². The van der Waals surface area contributed by atoms with Crippen molar-refractivity contribution in [2.45, 2.75) is 63.8 Å². The first kappa shape index (κ1) is 17.4. The average Bonchev–Trinajstić information content (AvgIpc) is 2.97. The molecule has 1 aromatic carbocycles. The zero-order chi connectivity index (χ0) is 17.3. The van der Waals surface area contributed by atoms with Gasteiger partial charge in [0.1, 0.15) is 6.04 Å². The molecule has 2 aliphatic heterocycles. The van der Waals surface area contributed by atoms with E-state index in [0.29, 0.717) is 25.8 Å². The molecule has 3 atom stereocenters. The number of carboxylic acids is 1. The molecule has 2 aliphatic rings. The number of aliphatic carboxylic acids is 1. The van der Waals surface area contributed by atoms with Crippen LogP contribution in [0.2, 0.25) is 0 Å². The van der Waals surface area contributed by atoms with E-state index in [9.17, 15) is 14.7 Å². The molecule has 0 radical (unpaired) electrons. The van der Waals surface area contributed by atoms with Crippen molar-refractivity contribution in [3.63, 3.8) is 0 Å². The van der Waals surface area contributed by atoms with E-state index in [2.05, 4.69) is 15.9 Å². The fraction of sp³-hybridized carbons (Fsp3) is 0.556. The maximum atomic E-state index is 12.6. The fourth-order valence-corrected chi connectivity index (χ4v) is 4.15. The highest BCUT2D eigenvalue weighted by atomic mass is 79.9. The topological polar surface area (TPSA) is 66.8 Å². The van der Waals surface area contributed by atoms with Crippen LogP contribution in [0.3, 0.4) is 0 Å². The van der Waals surface area contributed by atoms with Crippen molar-refractivity contribution in [3.05, 3.63) is 33.8 Å². The summed E-state index contributed by atoms with van der Waals surface area (Å²) in [5.74, 6) is -1.05. The number of carbonyl (C=O) groups excluding carboxylic acids is 1. The van der Waals surface area contributed by atoms with Crippen LogP contribution in [0.15, 0.2) is 22.7 Å². The molecule has 1 saturated heterocycles. The van der Waals surface area contributed by atoms with Crippen LogP contribution in [0.25, 0.3) is 0 Å². The number of fused-ring (bicyclic) bond motifs is 1. The lowest BCUT2D eigenvalue weighted by Gasteiger charge is -2.35. The summed E-state index contributed by atoms with van der Waals surface area (Å²) in [4.78, 5) is 25.8. The number of rotatable bonds is 4. The van der Waals surface area contributed by atoms with Crippen molar-refractivity contribution in [3.8, 4) is 0 Å². The van der Waals surface area contributed by atoms with Gasteiger partial charge >= 0.3 is 5.97 Å². The van der Waals surface area contributed by atoms with Crippen molar-refractivity contribution in [2.24, 2.45) is 0 Å². The molecular weight excluding hydrogens is 374 g/mol. The second-order valence-corrected chi connectivity index (χ2v) is 7.50. The maximum Gasteiger partial charge on any atom is 0.326 e. The van der Waals surface area contributed by atoms with Gasteiger partial charge in [-0.3, -0.25) is 4.79 Å². The SMILES string of the molecule is CC1CCC(CCC(=O)N2Cc3cccc(Br)c3CC2C(=O)O)O1. The Kier molecular flexibility index (Phi) is 5.25. The Bertz CT molecular complexity index is 648. The molecule has 0 saturated carbocycles. The molecule has 0 spiro atoms. The number of amides is 1. The summed E-state index contributed by atoms with van der Waals surface area (Å²) in [7, 11) is 0. The molecule has 0 aromatic heterocycles. The third-order valence-corrected chi connectivity index (χ3v) is 5.68. The Morgan fingerprint density at radius 1 is 1.38 bits per heavy atom. The maximum absolute atomic E-state index is 12.6. The van der Waals surface area contributed by atoms with E-state index < -0.39 is 12.0 Å². The van der Waals surface area contributed by atoms with E-state index in [1.165, 1.54) is 4.90 Å². The Morgan fingerprint density at radius 3 is 2.83 bits per heavy atom. The third-order valence-electron chi connectivity index (χ3n) is 4.94. The van der Waals surface area contributed by atoms with E-state index in [4.69, 9.17) is 4.74 Å². The summed E-state index contributed by atoms with van der Waals surface area (Å²) in [6, 6.07) is 4.99. The number of benzene rings is 1. The molecule has 1 aromatic rings. The summed E-state index contributed by atoms with van der Waals surface area (Å²) in [5.41, 5.74) is 2.00. The van der Waals surface area contributed by atoms with E-state index in [1.807, 2.05) is 25.1 Å². The number of hydrogen-bond acceptors (Lipinski definition) is 3. The van der Waals surface area contributed by atoms with Crippen LogP contribution in [0.5, 0.6) is 0 Å². The third kappa shape index (κ3) is 3.64. The van der Waals surface area contributed by atoms with Gasteiger partial charge in [0.15, 0.2) is 0 Å². The van der Waals surface area contributed by atoms with Crippen molar-refractivity contribution in [1.29, 1.82) is 0 Å². The number of carboxylic acid groups (broad SMARTS) is 1. The van der Waals surface area contributed by atoms with Crippen LogP contribution in [0, 0.1) is 0 Å². The Balaban J connectivity index is 1.70. The molecule has 0 bridgehead atoms. The van der Waals surface area contributed by atoms with E-state index in [0.717, 1.165) is 28.4 Å². The first-order valence-corrected chi connectivity index (χ1v) is 9.19. The van der Waals surface area contributed by atoms with E-state index in [-0.39, 0.29) is 18.1 Å². The van der Waals surface area contributed by atoms with Crippen molar-refractivity contribution in [1.82, 2.24) is 4.90 Å². The quantitative estimate of drug-likeness (QED) is 0.849. The van der Waals surface area contributed by atoms with Crippen LogP contribution in [-0.4, -0.2) is 40.1 Å². The number of halogens is 1. The number of ether oxygens (including phenoxy) is 1. The molecule has 1 fully saturated rings. The van der Waals surface area contributed by atoms with Gasteiger partial charge in [-0.05, 0) is 43.4 Å². The summed E-state index contributed by atoms with van der Waals surface area (Å²) < 4.78 is 6.66. The molecule has 2 heterocycles. The van der Waals surface area contributed by atoms with Gasteiger partial charge in [-0.25, -0.2) is 4.79 Å². The highest BCUT2D eigenvalue weighted by Gasteiger charge is 2.35. The molecule has 6 heteroatoms. The van der Waals surface area contributed by atoms with E-state index in [1.54, 1.807) is 0 Å². The molecule has 24 heavy (non-hydrogen) atoms. The molecule has 0 aliphatic carbocycles. The highest BCUT2D eigenvalue weighted by Crippen LogP contribution is 2.30. The van der Waals surface area contributed by atoms with Gasteiger partial charge in [-0.1, -0.05) is 28.1 Å². The van der Waals surface area contributed by atoms with Gasteiger partial charge < -0.3 is 14.7 Å². The first-order chi connectivity index (χ1) is 11.5. The van der Waals surface area contributed by atoms with Gasteiger partial charge in [0.05, 0.1) is 12.2 Å². The van der Waals surface area contributed by atoms with Crippen LogP contribution >= 0.6 is 15.9 Å². The lowest BCUT2D eigenvalue weighted by molar-refractivity contribution is -0.151. The van der Waals surface area contributed by atoms with Gasteiger partial charge in [-0.2, -0.15) is 0 Å². The summed E-state index contributed by atoms with van der Waals surface area (Å²) >= 11 is 3.48. The lowest BCUT2D eigenvalue weighted by atomic mass is 9.93. The molecule has 1 N–H and O–H groups in total. The second kappa shape index (κ2) is 7.23. The zero-order valence-corrected chi connectivity index (χ0v) is 15.3. The predicted octanol–water partition coefficient (Wildman–Crippen LogP) is 3.13. The Labute approximate surface area is 150 Å². The average molecular weight is 396 g/mol. The van der Waals surface area contributed by atoms with Gasteiger partial charge in [0, 0.05) is 23.9 Å². The normalized spacial score (nSPS) is 26.2. The first-order valence-electron chi connectivity index (χ1n) is 8.39. The summed E-state index contributed by atoms with van der Waals surface area (Å²) in [5, 5.41) is 9.55. The predicted molar refractivity (Wildman–Crippen MR) is 92.6 cm³/mol. The van der Waals surface area contributed by atoms with E-state index >= 15 is 0 Å². The molecular formula is C18H22BrNO4. The molecule has 3 rings (SSSR count).